The first-order valence-corrected chi connectivity index (χ1v) is 12.1. The average Bonchev–Trinajstić information content (AvgIpc) is 3.33. The molecule has 1 saturated heterocycles. The lowest BCUT2D eigenvalue weighted by molar-refractivity contribution is -0.111. The van der Waals surface area contributed by atoms with E-state index in [9.17, 15) is 14.4 Å². The molecule has 0 radical (unpaired) electrons. The molecule has 12 heteroatoms. The fraction of sp³-hybridized carbons (Fsp3) is 0.296. The lowest BCUT2D eigenvalue weighted by Crippen LogP contribution is -2.33. The maximum absolute atomic E-state index is 13.6. The Labute approximate surface area is 243 Å². The Morgan fingerprint density at radius 2 is 2.10 bits per heavy atom. The van der Waals surface area contributed by atoms with E-state index in [1.54, 1.807) is 19.2 Å². The van der Waals surface area contributed by atoms with Crippen LogP contribution >= 0.6 is 36.4 Å². The first kappa shape index (κ1) is 32.1. The summed E-state index contributed by atoms with van der Waals surface area (Å²) in [5.41, 5.74) is 2.17. The first-order chi connectivity index (χ1) is 17.9. The molecule has 1 amide bonds. The normalized spacial score (nSPS) is 14.9. The number of hydrogen-bond donors (Lipinski definition) is 2. The van der Waals surface area contributed by atoms with Crippen LogP contribution in [0.15, 0.2) is 48.7 Å². The second kappa shape index (κ2) is 14.9. The van der Waals surface area contributed by atoms with E-state index in [4.69, 9.17) is 21.1 Å². The van der Waals surface area contributed by atoms with Crippen molar-refractivity contribution >= 4 is 70.3 Å². The first-order valence-electron chi connectivity index (χ1n) is 11.8. The predicted octanol–water partition coefficient (Wildman–Crippen LogP) is 6.10. The van der Waals surface area contributed by atoms with Gasteiger partial charge in [0.25, 0.3) is 0 Å². The molecule has 39 heavy (non-hydrogen) atoms. The summed E-state index contributed by atoms with van der Waals surface area (Å²) in [5.74, 6) is -0.444. The molecule has 2 heterocycles. The van der Waals surface area contributed by atoms with Crippen LogP contribution in [0.5, 0.6) is 5.75 Å². The van der Waals surface area contributed by atoms with Gasteiger partial charge in [-0.15, -0.1) is 24.8 Å². The van der Waals surface area contributed by atoms with Crippen LogP contribution in [0.2, 0.25) is 5.02 Å². The standard InChI is InChI=1S/C27H27ClFN5O3.2ClH/c1-36-16-19-5-3-9-34(19)10-4-6-26(35)33-24-12-20-23(13-25(24)37-2)31-15-17(14-30)27(20)32-18-7-8-22(29)21(28)11-18;;/h4,6-8,11-13,15,19H,3,5,9-10,16H2,1-2H3,(H,31,32)(H,33,35);2*1H/b6-4+;;/t19-;;/m0../s1. The number of likely N-dealkylation sites (tertiary alicyclic amines) is 1. The van der Waals surface area contributed by atoms with E-state index in [0.717, 1.165) is 19.4 Å². The number of carbonyl (C=O) groups excluding carboxylic acids is 1. The molecule has 0 aliphatic carbocycles. The van der Waals surface area contributed by atoms with Crippen LogP contribution in [0.25, 0.3) is 10.9 Å². The minimum absolute atomic E-state index is 0. The fourth-order valence-electron chi connectivity index (χ4n) is 4.41. The molecule has 208 valence electrons. The van der Waals surface area contributed by atoms with Crippen molar-refractivity contribution in [1.82, 2.24) is 9.88 Å². The number of rotatable bonds is 9. The third-order valence-electron chi connectivity index (χ3n) is 6.22. The second-order valence-corrected chi connectivity index (χ2v) is 9.03. The highest BCUT2D eigenvalue weighted by Gasteiger charge is 2.23. The fourth-order valence-corrected chi connectivity index (χ4v) is 4.59. The summed E-state index contributed by atoms with van der Waals surface area (Å²) in [6.07, 6.45) is 6.96. The van der Waals surface area contributed by atoms with E-state index in [1.807, 2.05) is 6.08 Å². The molecule has 2 aromatic carbocycles. The van der Waals surface area contributed by atoms with Crippen molar-refractivity contribution in [3.8, 4) is 11.8 Å². The maximum atomic E-state index is 13.6. The third-order valence-corrected chi connectivity index (χ3v) is 6.51. The summed E-state index contributed by atoms with van der Waals surface area (Å²) in [6, 6.07) is 10.0. The van der Waals surface area contributed by atoms with Crippen molar-refractivity contribution in [3.63, 3.8) is 0 Å². The van der Waals surface area contributed by atoms with Crippen molar-refractivity contribution in [3.05, 3.63) is 65.1 Å². The van der Waals surface area contributed by atoms with Crippen LogP contribution in [0, 0.1) is 17.1 Å². The molecule has 2 N–H and O–H groups in total. The summed E-state index contributed by atoms with van der Waals surface area (Å²) < 4.78 is 24.4. The third kappa shape index (κ3) is 7.72. The zero-order valence-electron chi connectivity index (χ0n) is 21.4. The van der Waals surface area contributed by atoms with Gasteiger partial charge >= 0.3 is 0 Å². The summed E-state index contributed by atoms with van der Waals surface area (Å²) in [4.78, 5) is 19.4. The van der Waals surface area contributed by atoms with Gasteiger partial charge in [0.05, 0.1) is 41.2 Å². The van der Waals surface area contributed by atoms with E-state index >= 15 is 0 Å². The molecule has 1 atom stereocenters. The van der Waals surface area contributed by atoms with Gasteiger partial charge in [0.15, 0.2) is 0 Å². The van der Waals surface area contributed by atoms with Crippen molar-refractivity contribution in [2.45, 2.75) is 18.9 Å². The molecule has 0 unspecified atom stereocenters. The van der Waals surface area contributed by atoms with Crippen LogP contribution in [0.1, 0.15) is 18.4 Å². The number of hydrogen-bond acceptors (Lipinski definition) is 7. The number of anilines is 3. The van der Waals surface area contributed by atoms with Crippen molar-refractivity contribution in [1.29, 1.82) is 5.26 Å². The largest absolute Gasteiger partial charge is 0.494 e. The number of nitrogens with one attached hydrogen (secondary N) is 2. The molecule has 1 aliphatic rings. The highest BCUT2D eigenvalue weighted by molar-refractivity contribution is 6.31. The number of benzene rings is 2. The van der Waals surface area contributed by atoms with E-state index in [-0.39, 0.29) is 41.3 Å². The Morgan fingerprint density at radius 3 is 2.79 bits per heavy atom. The van der Waals surface area contributed by atoms with Gasteiger partial charge in [-0.1, -0.05) is 17.7 Å². The Morgan fingerprint density at radius 1 is 1.31 bits per heavy atom. The van der Waals surface area contributed by atoms with Gasteiger partial charge in [-0.2, -0.15) is 5.26 Å². The topological polar surface area (TPSA) is 99.5 Å². The van der Waals surface area contributed by atoms with Crippen LogP contribution in [0.4, 0.5) is 21.5 Å². The monoisotopic (exact) mass is 595 g/mol. The number of amides is 1. The van der Waals surface area contributed by atoms with Gasteiger partial charge in [-0.25, -0.2) is 4.39 Å². The molecule has 1 aliphatic heterocycles. The van der Waals surface area contributed by atoms with Gasteiger partial charge in [-0.05, 0) is 43.7 Å². The maximum Gasteiger partial charge on any atom is 0.248 e. The van der Waals surface area contributed by atoms with Crippen molar-refractivity contribution in [2.75, 3.05) is 44.5 Å². The molecular weight excluding hydrogens is 568 g/mol. The lowest BCUT2D eigenvalue weighted by Gasteiger charge is -2.21. The van der Waals surface area contributed by atoms with Gasteiger partial charge < -0.3 is 20.1 Å². The molecule has 0 saturated carbocycles. The van der Waals surface area contributed by atoms with Crippen LogP contribution < -0.4 is 15.4 Å². The van der Waals surface area contributed by atoms with Crippen LogP contribution in [-0.4, -0.2) is 55.7 Å². The van der Waals surface area contributed by atoms with Gasteiger partial charge in [0.1, 0.15) is 17.6 Å². The zero-order valence-corrected chi connectivity index (χ0v) is 23.8. The molecule has 3 aromatic rings. The number of aromatic nitrogens is 1. The summed E-state index contributed by atoms with van der Waals surface area (Å²) in [6.45, 7) is 2.30. The lowest BCUT2D eigenvalue weighted by atomic mass is 10.1. The minimum atomic E-state index is -0.547. The molecule has 0 spiro atoms. The van der Waals surface area contributed by atoms with Crippen LogP contribution in [0.3, 0.4) is 0 Å². The average molecular weight is 597 g/mol. The number of nitriles is 1. The predicted molar refractivity (Wildman–Crippen MR) is 156 cm³/mol. The molecule has 1 aromatic heterocycles. The number of nitrogens with zero attached hydrogens (tertiary/aromatic N) is 3. The zero-order chi connectivity index (χ0) is 26.4. The Kier molecular flexibility index (Phi) is 12.2. The highest BCUT2D eigenvalue weighted by Crippen LogP contribution is 2.36. The molecule has 0 bridgehead atoms. The molecular formula is C27H29Cl3FN5O3. The van der Waals surface area contributed by atoms with Crippen LogP contribution in [-0.2, 0) is 9.53 Å². The quantitative estimate of drug-likeness (QED) is 0.288. The minimum Gasteiger partial charge on any atom is -0.494 e. The number of carbonyl (C=O) groups is 1. The van der Waals surface area contributed by atoms with E-state index in [0.29, 0.717) is 52.9 Å². The van der Waals surface area contributed by atoms with E-state index in [1.165, 1.54) is 37.6 Å². The van der Waals surface area contributed by atoms with E-state index < -0.39 is 5.82 Å². The molecule has 8 nitrogen and oxygen atoms in total. The van der Waals surface area contributed by atoms with Gasteiger partial charge in [0.2, 0.25) is 5.91 Å². The number of pyridine rings is 1. The number of methoxy groups -OCH3 is 2. The highest BCUT2D eigenvalue weighted by atomic mass is 35.5. The summed E-state index contributed by atoms with van der Waals surface area (Å²) >= 11 is 5.93. The molecule has 1 fully saturated rings. The number of fused-ring (bicyclic) bond motifs is 1. The Hall–Kier alpha value is -3.13. The summed E-state index contributed by atoms with van der Waals surface area (Å²) in [7, 11) is 3.20. The number of halogens is 4. The second-order valence-electron chi connectivity index (χ2n) is 8.62. The van der Waals surface area contributed by atoms with E-state index in [2.05, 4.69) is 26.6 Å². The van der Waals surface area contributed by atoms with Gasteiger partial charge in [0, 0.05) is 49.1 Å². The molecule has 4 rings (SSSR count). The smallest absolute Gasteiger partial charge is 0.248 e. The van der Waals surface area contributed by atoms with Crippen molar-refractivity contribution in [2.24, 2.45) is 0 Å². The Balaban J connectivity index is 0.00000267. The van der Waals surface area contributed by atoms with Crippen molar-refractivity contribution < 1.29 is 18.7 Å². The van der Waals surface area contributed by atoms with Gasteiger partial charge in [-0.3, -0.25) is 14.7 Å². The summed E-state index contributed by atoms with van der Waals surface area (Å²) in [5, 5.41) is 16.2. The number of ether oxygens (including phenoxy) is 2. The SMILES string of the molecule is COC[C@@H]1CCCN1C/C=C/C(=O)Nc1cc2c(Nc3ccc(F)c(Cl)c3)c(C#N)cnc2cc1OC.Cl.Cl. The Bertz CT molecular complexity index is 1380.